The van der Waals surface area contributed by atoms with E-state index in [0.717, 1.165) is 5.70 Å². The first kappa shape index (κ1) is 14.3. The lowest BCUT2D eigenvalue weighted by Gasteiger charge is -2.18. The third-order valence-electron chi connectivity index (χ3n) is 2.16. The summed E-state index contributed by atoms with van der Waals surface area (Å²) < 4.78 is 5.21. The number of carbonyl (C=O) groups excluding carboxylic acids is 1. The third kappa shape index (κ3) is 6.09. The van der Waals surface area contributed by atoms with E-state index >= 15 is 0 Å². The zero-order valence-electron chi connectivity index (χ0n) is 11.5. The van der Waals surface area contributed by atoms with Gasteiger partial charge in [0.05, 0.1) is 0 Å². The van der Waals surface area contributed by atoms with E-state index in [-0.39, 0.29) is 5.97 Å². The minimum absolute atomic E-state index is 0.319. The highest BCUT2D eigenvalue weighted by Crippen LogP contribution is 2.08. The predicted molar refractivity (Wildman–Crippen MR) is 72.9 cm³/mol. The minimum Gasteiger partial charge on any atom is -0.457 e. The van der Waals surface area contributed by atoms with E-state index in [4.69, 9.17) is 4.74 Å². The molecule has 3 heteroatoms. The van der Waals surface area contributed by atoms with Crippen LogP contribution < -0.4 is 5.32 Å². The van der Waals surface area contributed by atoms with E-state index < -0.39 is 5.60 Å². The van der Waals surface area contributed by atoms with Gasteiger partial charge >= 0.3 is 5.97 Å². The van der Waals surface area contributed by atoms with E-state index in [1.807, 2.05) is 58.0 Å². The molecule has 0 bridgehead atoms. The standard InChI is InChI=1S/C15H21NO2/c1-12(10-14(17)18-15(2,3)4)16-11-13-8-6-5-7-9-13/h5-10,16H,11H2,1-4H3/b12-10+. The van der Waals surface area contributed by atoms with Gasteiger partial charge in [-0.25, -0.2) is 4.79 Å². The van der Waals surface area contributed by atoms with Crippen LogP contribution in [-0.4, -0.2) is 11.6 Å². The quantitative estimate of drug-likeness (QED) is 0.656. The number of ether oxygens (including phenoxy) is 1. The summed E-state index contributed by atoms with van der Waals surface area (Å²) in [6.45, 7) is 8.11. The van der Waals surface area contributed by atoms with Crippen LogP contribution >= 0.6 is 0 Å². The maximum atomic E-state index is 11.5. The number of carbonyl (C=O) groups is 1. The largest absolute Gasteiger partial charge is 0.457 e. The summed E-state index contributed by atoms with van der Waals surface area (Å²) in [6, 6.07) is 10.0. The highest BCUT2D eigenvalue weighted by atomic mass is 16.6. The van der Waals surface area contributed by atoms with Gasteiger partial charge in [-0.2, -0.15) is 0 Å². The summed E-state index contributed by atoms with van der Waals surface area (Å²) in [4.78, 5) is 11.5. The molecule has 0 aliphatic heterocycles. The Bertz CT molecular complexity index is 416. The van der Waals surface area contributed by atoms with Crippen LogP contribution in [0, 0.1) is 0 Å². The maximum Gasteiger partial charge on any atom is 0.333 e. The van der Waals surface area contributed by atoms with Crippen LogP contribution in [0.2, 0.25) is 0 Å². The molecular weight excluding hydrogens is 226 g/mol. The highest BCUT2D eigenvalue weighted by molar-refractivity contribution is 5.82. The Morgan fingerprint density at radius 2 is 1.89 bits per heavy atom. The first-order valence-corrected chi connectivity index (χ1v) is 6.06. The molecule has 0 atom stereocenters. The van der Waals surface area contributed by atoms with Gasteiger partial charge in [0, 0.05) is 18.3 Å². The molecule has 0 saturated heterocycles. The second kappa shape index (κ2) is 6.24. The molecule has 1 rings (SSSR count). The van der Waals surface area contributed by atoms with Gasteiger partial charge in [-0.05, 0) is 33.3 Å². The van der Waals surface area contributed by atoms with Crippen molar-refractivity contribution in [1.82, 2.24) is 5.32 Å². The molecule has 0 amide bonds. The monoisotopic (exact) mass is 247 g/mol. The second-order valence-corrected chi connectivity index (χ2v) is 5.20. The number of rotatable bonds is 4. The molecule has 1 aromatic rings. The van der Waals surface area contributed by atoms with Crippen LogP contribution in [0.15, 0.2) is 42.1 Å². The second-order valence-electron chi connectivity index (χ2n) is 5.20. The smallest absolute Gasteiger partial charge is 0.333 e. The molecule has 0 heterocycles. The van der Waals surface area contributed by atoms with Crippen LogP contribution in [0.1, 0.15) is 33.3 Å². The van der Waals surface area contributed by atoms with Gasteiger partial charge in [-0.3, -0.25) is 0 Å². The topological polar surface area (TPSA) is 38.3 Å². The van der Waals surface area contributed by atoms with Crippen molar-refractivity contribution in [2.24, 2.45) is 0 Å². The van der Waals surface area contributed by atoms with Crippen molar-refractivity contribution in [2.75, 3.05) is 0 Å². The summed E-state index contributed by atoms with van der Waals surface area (Å²) in [7, 11) is 0. The van der Waals surface area contributed by atoms with E-state index in [0.29, 0.717) is 6.54 Å². The number of hydrogen-bond donors (Lipinski definition) is 1. The number of benzene rings is 1. The normalized spacial score (nSPS) is 12.1. The summed E-state index contributed by atoms with van der Waals surface area (Å²) in [6.07, 6.45) is 1.48. The van der Waals surface area contributed by atoms with Crippen molar-refractivity contribution in [3.63, 3.8) is 0 Å². The Morgan fingerprint density at radius 3 is 2.44 bits per heavy atom. The van der Waals surface area contributed by atoms with Gasteiger partial charge in [0.1, 0.15) is 5.60 Å². The molecule has 18 heavy (non-hydrogen) atoms. The fourth-order valence-corrected chi connectivity index (χ4v) is 1.40. The van der Waals surface area contributed by atoms with E-state index in [2.05, 4.69) is 5.32 Å². The van der Waals surface area contributed by atoms with E-state index in [1.165, 1.54) is 11.6 Å². The summed E-state index contributed by atoms with van der Waals surface area (Å²) in [5.74, 6) is -0.319. The SMILES string of the molecule is C/C(=C\C(=O)OC(C)(C)C)NCc1ccccc1. The van der Waals surface area contributed by atoms with Crippen LogP contribution in [0.25, 0.3) is 0 Å². The molecule has 0 aliphatic carbocycles. The first-order valence-electron chi connectivity index (χ1n) is 6.06. The van der Waals surface area contributed by atoms with Gasteiger partial charge < -0.3 is 10.1 Å². The molecule has 0 fully saturated rings. The van der Waals surface area contributed by atoms with Gasteiger partial charge in [-0.1, -0.05) is 30.3 Å². The maximum absolute atomic E-state index is 11.5. The minimum atomic E-state index is -0.451. The lowest BCUT2D eigenvalue weighted by atomic mass is 10.2. The molecule has 0 aromatic heterocycles. The third-order valence-corrected chi connectivity index (χ3v) is 2.16. The van der Waals surface area contributed by atoms with Crippen molar-refractivity contribution in [1.29, 1.82) is 0 Å². The van der Waals surface area contributed by atoms with Crippen LogP contribution in [0.3, 0.4) is 0 Å². The molecule has 0 spiro atoms. The number of nitrogens with one attached hydrogen (secondary N) is 1. The Balaban J connectivity index is 2.45. The molecule has 98 valence electrons. The molecule has 0 unspecified atom stereocenters. The zero-order valence-corrected chi connectivity index (χ0v) is 11.5. The fourth-order valence-electron chi connectivity index (χ4n) is 1.40. The summed E-state index contributed by atoms with van der Waals surface area (Å²) in [5, 5.41) is 3.18. The zero-order chi connectivity index (χ0) is 13.6. The number of hydrogen-bond acceptors (Lipinski definition) is 3. The van der Waals surface area contributed by atoms with Gasteiger partial charge in [-0.15, -0.1) is 0 Å². The molecule has 0 aliphatic rings. The number of allylic oxidation sites excluding steroid dienone is 1. The fraction of sp³-hybridized carbons (Fsp3) is 0.400. The van der Waals surface area contributed by atoms with Gasteiger partial charge in [0.15, 0.2) is 0 Å². The van der Waals surface area contributed by atoms with Crippen LogP contribution in [0.5, 0.6) is 0 Å². The summed E-state index contributed by atoms with van der Waals surface area (Å²) in [5.41, 5.74) is 1.52. The number of esters is 1. The van der Waals surface area contributed by atoms with E-state index in [1.54, 1.807) is 0 Å². The van der Waals surface area contributed by atoms with Crippen LogP contribution in [-0.2, 0) is 16.1 Å². The average molecular weight is 247 g/mol. The average Bonchev–Trinajstić information content (AvgIpc) is 2.25. The molecule has 3 nitrogen and oxygen atoms in total. The Hall–Kier alpha value is -1.77. The molecule has 1 aromatic carbocycles. The summed E-state index contributed by atoms with van der Waals surface area (Å²) >= 11 is 0. The van der Waals surface area contributed by atoms with Crippen LogP contribution in [0.4, 0.5) is 0 Å². The Labute approximate surface area is 109 Å². The van der Waals surface area contributed by atoms with Crippen molar-refractivity contribution in [3.05, 3.63) is 47.7 Å². The van der Waals surface area contributed by atoms with Crippen molar-refractivity contribution < 1.29 is 9.53 Å². The van der Waals surface area contributed by atoms with E-state index in [9.17, 15) is 4.79 Å². The van der Waals surface area contributed by atoms with Gasteiger partial charge in [0.25, 0.3) is 0 Å². The lowest BCUT2D eigenvalue weighted by Crippen LogP contribution is -2.23. The van der Waals surface area contributed by atoms with Crippen molar-refractivity contribution in [2.45, 2.75) is 39.8 Å². The Morgan fingerprint density at radius 1 is 1.28 bits per heavy atom. The molecule has 0 radical (unpaired) electrons. The highest BCUT2D eigenvalue weighted by Gasteiger charge is 2.14. The molecule has 1 N–H and O–H groups in total. The first-order chi connectivity index (χ1) is 8.37. The lowest BCUT2D eigenvalue weighted by molar-refractivity contribution is -0.148. The van der Waals surface area contributed by atoms with Crippen molar-refractivity contribution in [3.8, 4) is 0 Å². The Kier molecular flexibility index (Phi) is 4.95. The molecular formula is C15H21NO2. The predicted octanol–water partition coefficient (Wildman–Crippen LogP) is 3.02. The molecule has 0 saturated carbocycles. The van der Waals surface area contributed by atoms with Gasteiger partial charge in [0.2, 0.25) is 0 Å². The van der Waals surface area contributed by atoms with Crippen molar-refractivity contribution >= 4 is 5.97 Å².